The van der Waals surface area contributed by atoms with E-state index in [0.29, 0.717) is 21.1 Å². The first-order valence-electron chi connectivity index (χ1n) is 8.27. The molecule has 8 heteroatoms. The first-order chi connectivity index (χ1) is 12.5. The van der Waals surface area contributed by atoms with Crippen molar-refractivity contribution in [3.05, 3.63) is 55.4 Å². The van der Waals surface area contributed by atoms with E-state index < -0.39 is 0 Å². The van der Waals surface area contributed by atoms with Crippen molar-refractivity contribution in [2.75, 3.05) is 5.32 Å². The van der Waals surface area contributed by atoms with E-state index in [4.69, 9.17) is 23.2 Å². The summed E-state index contributed by atoms with van der Waals surface area (Å²) in [6.45, 7) is -0.105. The minimum absolute atomic E-state index is 0.105. The molecule has 2 aromatic heterocycles. The topological polar surface area (TPSA) is 64.0 Å². The SMILES string of the molecule is O=C(Cn1cnc2sc3c(c2c1=O)CCCC3)Nc1ccc(Cl)c(Cl)c1. The summed E-state index contributed by atoms with van der Waals surface area (Å²) >= 11 is 13.4. The standard InChI is InChI=1S/C18H15Cl2N3O2S/c19-12-6-5-10(7-13(12)20)22-15(24)8-23-9-21-17-16(18(23)25)11-3-1-2-4-14(11)26-17/h5-7,9H,1-4,8H2,(H,22,24). The van der Waals surface area contributed by atoms with Gasteiger partial charge in [-0.2, -0.15) is 0 Å². The van der Waals surface area contributed by atoms with Crippen LogP contribution in [-0.2, 0) is 24.2 Å². The van der Waals surface area contributed by atoms with Gasteiger partial charge in [0.15, 0.2) is 0 Å². The molecular weight excluding hydrogens is 393 g/mol. The van der Waals surface area contributed by atoms with Crippen LogP contribution in [-0.4, -0.2) is 15.5 Å². The normalized spacial score (nSPS) is 13.6. The van der Waals surface area contributed by atoms with Crippen LogP contribution >= 0.6 is 34.5 Å². The fourth-order valence-corrected chi connectivity index (χ4v) is 4.74. The third-order valence-electron chi connectivity index (χ3n) is 4.46. The van der Waals surface area contributed by atoms with Crippen LogP contribution in [0.4, 0.5) is 5.69 Å². The Labute approximate surface area is 163 Å². The maximum atomic E-state index is 12.9. The van der Waals surface area contributed by atoms with Gasteiger partial charge in [-0.1, -0.05) is 23.2 Å². The molecule has 0 aliphatic heterocycles. The van der Waals surface area contributed by atoms with Crippen LogP contribution in [0.1, 0.15) is 23.3 Å². The van der Waals surface area contributed by atoms with E-state index in [1.54, 1.807) is 29.5 Å². The number of nitrogens with one attached hydrogen (secondary N) is 1. The van der Waals surface area contributed by atoms with Crippen LogP contribution in [0.2, 0.25) is 10.0 Å². The van der Waals surface area contributed by atoms with Gasteiger partial charge in [0, 0.05) is 10.6 Å². The fourth-order valence-electron chi connectivity index (χ4n) is 3.22. The van der Waals surface area contributed by atoms with Crippen molar-refractivity contribution in [2.24, 2.45) is 0 Å². The van der Waals surface area contributed by atoms with Crippen molar-refractivity contribution in [3.63, 3.8) is 0 Å². The molecule has 0 saturated heterocycles. The number of rotatable bonds is 3. The number of aromatic nitrogens is 2. The Morgan fingerprint density at radius 3 is 2.85 bits per heavy atom. The van der Waals surface area contributed by atoms with Crippen LogP contribution in [0.15, 0.2) is 29.3 Å². The number of benzene rings is 1. The Hall–Kier alpha value is -1.89. The number of aryl methyl sites for hydroxylation is 2. The zero-order chi connectivity index (χ0) is 18.3. The fraction of sp³-hybridized carbons (Fsp3) is 0.278. The number of anilines is 1. The summed E-state index contributed by atoms with van der Waals surface area (Å²) in [5, 5.41) is 4.17. The summed E-state index contributed by atoms with van der Waals surface area (Å²) in [6.07, 6.45) is 5.60. The average Bonchev–Trinajstić information content (AvgIpc) is 3.00. The summed E-state index contributed by atoms with van der Waals surface area (Å²) in [5.74, 6) is -0.323. The monoisotopic (exact) mass is 407 g/mol. The van der Waals surface area contributed by atoms with Gasteiger partial charge in [0.1, 0.15) is 11.4 Å². The van der Waals surface area contributed by atoms with Gasteiger partial charge in [0.05, 0.1) is 21.8 Å². The molecule has 0 fully saturated rings. The van der Waals surface area contributed by atoms with Crippen LogP contribution in [0.3, 0.4) is 0 Å². The predicted octanol–water partition coefficient (Wildman–Crippen LogP) is 4.28. The first-order valence-corrected chi connectivity index (χ1v) is 9.85. The molecule has 4 rings (SSSR count). The van der Waals surface area contributed by atoms with Gasteiger partial charge >= 0.3 is 0 Å². The van der Waals surface area contributed by atoms with Gasteiger partial charge < -0.3 is 5.32 Å². The summed E-state index contributed by atoms with van der Waals surface area (Å²) in [6, 6.07) is 4.84. The molecule has 3 aromatic rings. The third-order valence-corrected chi connectivity index (χ3v) is 6.40. The van der Waals surface area contributed by atoms with Crippen LogP contribution in [0.25, 0.3) is 10.2 Å². The number of amides is 1. The van der Waals surface area contributed by atoms with E-state index in [1.807, 2.05) is 0 Å². The van der Waals surface area contributed by atoms with E-state index in [9.17, 15) is 9.59 Å². The molecule has 1 amide bonds. The Balaban J connectivity index is 1.60. The zero-order valence-corrected chi connectivity index (χ0v) is 16.0. The maximum absolute atomic E-state index is 12.9. The minimum Gasteiger partial charge on any atom is -0.324 e. The largest absolute Gasteiger partial charge is 0.324 e. The number of halogens is 2. The second-order valence-electron chi connectivity index (χ2n) is 6.25. The Morgan fingerprint density at radius 2 is 2.04 bits per heavy atom. The molecule has 1 aliphatic rings. The van der Waals surface area contributed by atoms with E-state index in [-0.39, 0.29) is 18.0 Å². The minimum atomic E-state index is -0.323. The first kappa shape index (κ1) is 17.5. The lowest BCUT2D eigenvalue weighted by Gasteiger charge is -2.11. The van der Waals surface area contributed by atoms with Crippen molar-refractivity contribution < 1.29 is 4.79 Å². The van der Waals surface area contributed by atoms with Crippen molar-refractivity contribution in [1.82, 2.24) is 9.55 Å². The predicted molar refractivity (Wildman–Crippen MR) is 106 cm³/mol. The van der Waals surface area contributed by atoms with Crippen molar-refractivity contribution in [1.29, 1.82) is 0 Å². The van der Waals surface area contributed by atoms with Crippen LogP contribution < -0.4 is 10.9 Å². The molecule has 0 spiro atoms. The molecule has 1 aromatic carbocycles. The number of carbonyl (C=O) groups is 1. The molecule has 0 unspecified atom stereocenters. The van der Waals surface area contributed by atoms with Crippen LogP contribution in [0, 0.1) is 0 Å². The summed E-state index contributed by atoms with van der Waals surface area (Å²) in [4.78, 5) is 31.6. The van der Waals surface area contributed by atoms with Crippen LogP contribution in [0.5, 0.6) is 0 Å². The van der Waals surface area contributed by atoms with Gasteiger partial charge in [0.25, 0.3) is 5.56 Å². The van der Waals surface area contributed by atoms with E-state index in [0.717, 1.165) is 36.1 Å². The van der Waals surface area contributed by atoms with E-state index >= 15 is 0 Å². The summed E-state index contributed by atoms with van der Waals surface area (Å²) < 4.78 is 1.36. The van der Waals surface area contributed by atoms with Gasteiger partial charge in [0.2, 0.25) is 5.91 Å². The molecule has 0 radical (unpaired) electrons. The highest BCUT2D eigenvalue weighted by molar-refractivity contribution is 7.18. The summed E-state index contributed by atoms with van der Waals surface area (Å²) in [5.41, 5.74) is 1.49. The number of hydrogen-bond donors (Lipinski definition) is 1. The molecule has 134 valence electrons. The van der Waals surface area contributed by atoms with Gasteiger partial charge in [-0.25, -0.2) is 4.98 Å². The highest BCUT2D eigenvalue weighted by atomic mass is 35.5. The number of hydrogen-bond acceptors (Lipinski definition) is 4. The molecular formula is C18H15Cl2N3O2S. The summed E-state index contributed by atoms with van der Waals surface area (Å²) in [7, 11) is 0. The number of carbonyl (C=O) groups excluding carboxylic acids is 1. The molecule has 0 bridgehead atoms. The van der Waals surface area contributed by atoms with Crippen molar-refractivity contribution in [2.45, 2.75) is 32.2 Å². The van der Waals surface area contributed by atoms with Crippen molar-refractivity contribution in [3.8, 4) is 0 Å². The highest BCUT2D eigenvalue weighted by Crippen LogP contribution is 2.33. The van der Waals surface area contributed by atoms with E-state index in [1.165, 1.54) is 15.8 Å². The number of fused-ring (bicyclic) bond motifs is 3. The quantitative estimate of drug-likeness (QED) is 0.704. The Kier molecular flexibility index (Phi) is 4.73. The number of nitrogens with zero attached hydrogens (tertiary/aromatic N) is 2. The molecule has 1 N–H and O–H groups in total. The molecule has 0 atom stereocenters. The molecule has 26 heavy (non-hydrogen) atoms. The van der Waals surface area contributed by atoms with Gasteiger partial charge in [-0.05, 0) is 49.4 Å². The van der Waals surface area contributed by atoms with Gasteiger partial charge in [-0.3, -0.25) is 14.2 Å². The second kappa shape index (κ2) is 7.02. The molecule has 2 heterocycles. The maximum Gasteiger partial charge on any atom is 0.262 e. The zero-order valence-electron chi connectivity index (χ0n) is 13.7. The Morgan fingerprint density at radius 1 is 1.23 bits per heavy atom. The second-order valence-corrected chi connectivity index (χ2v) is 8.14. The van der Waals surface area contributed by atoms with Crippen molar-refractivity contribution >= 4 is 56.3 Å². The van der Waals surface area contributed by atoms with E-state index in [2.05, 4.69) is 10.3 Å². The molecule has 5 nitrogen and oxygen atoms in total. The third kappa shape index (κ3) is 3.24. The lowest BCUT2D eigenvalue weighted by molar-refractivity contribution is -0.116. The lowest BCUT2D eigenvalue weighted by atomic mass is 9.97. The molecule has 1 aliphatic carbocycles. The lowest BCUT2D eigenvalue weighted by Crippen LogP contribution is -2.28. The van der Waals surface area contributed by atoms with Gasteiger partial charge in [-0.15, -0.1) is 11.3 Å². The number of thiophene rings is 1. The smallest absolute Gasteiger partial charge is 0.262 e. The molecule has 0 saturated carbocycles. The highest BCUT2D eigenvalue weighted by Gasteiger charge is 2.20. The Bertz CT molecular complexity index is 1070. The average molecular weight is 408 g/mol.